The van der Waals surface area contributed by atoms with E-state index >= 15 is 0 Å². The Morgan fingerprint density at radius 2 is 1.68 bits per heavy atom. The van der Waals surface area contributed by atoms with Gasteiger partial charge in [0.05, 0.1) is 18.3 Å². The van der Waals surface area contributed by atoms with Crippen molar-refractivity contribution in [3.63, 3.8) is 0 Å². The molecule has 2 amide bonds. The van der Waals surface area contributed by atoms with Gasteiger partial charge in [-0.25, -0.2) is 0 Å². The zero-order valence-corrected chi connectivity index (χ0v) is 17.3. The van der Waals surface area contributed by atoms with Gasteiger partial charge in [-0.1, -0.05) is 12.1 Å². The van der Waals surface area contributed by atoms with Crippen LogP contribution in [0, 0.1) is 0 Å². The van der Waals surface area contributed by atoms with Crippen LogP contribution in [0.2, 0.25) is 0 Å². The molecule has 0 saturated heterocycles. The van der Waals surface area contributed by atoms with Gasteiger partial charge in [-0.3, -0.25) is 19.3 Å². The third kappa shape index (κ3) is 5.94. The van der Waals surface area contributed by atoms with Crippen LogP contribution in [0.3, 0.4) is 0 Å². The normalized spacial score (nSPS) is 11.8. The van der Waals surface area contributed by atoms with Crippen molar-refractivity contribution in [3.8, 4) is 0 Å². The quantitative estimate of drug-likeness (QED) is 0.525. The van der Waals surface area contributed by atoms with Gasteiger partial charge in [-0.2, -0.15) is 0 Å². The van der Waals surface area contributed by atoms with Crippen molar-refractivity contribution in [1.29, 1.82) is 0 Å². The van der Waals surface area contributed by atoms with Gasteiger partial charge in [0.15, 0.2) is 5.78 Å². The Hall–Kier alpha value is -2.64. The zero-order chi connectivity index (χ0) is 20.7. The lowest BCUT2D eigenvalue weighted by molar-refractivity contribution is -0.122. The topological polar surface area (TPSA) is 78.5 Å². The standard InChI is InChI=1S/C21H25N3O3S/c1-14(21(27)22-17-11-9-16(10-12-17)15(2)25)24(3)13-20(26)23-18-7-5-6-8-19(18)28-4/h5-12,14H,13H2,1-4H3,(H,22,27)(H,23,26)/t14-/m0/s1. The Morgan fingerprint density at radius 3 is 2.29 bits per heavy atom. The van der Waals surface area contributed by atoms with E-state index in [9.17, 15) is 14.4 Å². The highest BCUT2D eigenvalue weighted by atomic mass is 32.2. The van der Waals surface area contributed by atoms with Gasteiger partial charge < -0.3 is 10.6 Å². The minimum atomic E-state index is -0.506. The van der Waals surface area contributed by atoms with Crippen LogP contribution >= 0.6 is 11.8 Å². The van der Waals surface area contributed by atoms with E-state index in [2.05, 4.69) is 10.6 Å². The molecule has 0 bridgehead atoms. The smallest absolute Gasteiger partial charge is 0.241 e. The van der Waals surface area contributed by atoms with Crippen molar-refractivity contribution in [3.05, 3.63) is 54.1 Å². The molecular weight excluding hydrogens is 374 g/mol. The first-order valence-corrected chi connectivity index (χ1v) is 10.1. The highest BCUT2D eigenvalue weighted by molar-refractivity contribution is 7.98. The van der Waals surface area contributed by atoms with Crippen LogP contribution in [0.15, 0.2) is 53.4 Å². The van der Waals surface area contributed by atoms with E-state index in [0.29, 0.717) is 11.3 Å². The molecule has 0 fully saturated rings. The summed E-state index contributed by atoms with van der Waals surface area (Å²) in [5, 5.41) is 5.69. The third-order valence-corrected chi connectivity index (χ3v) is 5.17. The number of nitrogens with one attached hydrogen (secondary N) is 2. The molecule has 0 unspecified atom stereocenters. The number of hydrogen-bond acceptors (Lipinski definition) is 5. The number of benzene rings is 2. The summed E-state index contributed by atoms with van der Waals surface area (Å²) < 4.78 is 0. The predicted molar refractivity (Wildman–Crippen MR) is 114 cm³/mol. The molecule has 0 aliphatic carbocycles. The number of hydrogen-bond donors (Lipinski definition) is 2. The molecule has 0 aliphatic rings. The van der Waals surface area contributed by atoms with Crippen LogP contribution < -0.4 is 10.6 Å². The zero-order valence-electron chi connectivity index (χ0n) is 16.5. The van der Waals surface area contributed by atoms with E-state index in [0.717, 1.165) is 10.6 Å². The highest BCUT2D eigenvalue weighted by Gasteiger charge is 2.20. The van der Waals surface area contributed by atoms with E-state index in [-0.39, 0.29) is 24.1 Å². The fourth-order valence-corrected chi connectivity index (χ4v) is 3.09. The summed E-state index contributed by atoms with van der Waals surface area (Å²) in [5.74, 6) is -0.440. The number of amides is 2. The number of thioether (sulfide) groups is 1. The Kier molecular flexibility index (Phi) is 7.78. The van der Waals surface area contributed by atoms with E-state index in [1.165, 1.54) is 6.92 Å². The molecule has 0 spiro atoms. The molecule has 0 radical (unpaired) electrons. The maximum atomic E-state index is 12.5. The molecule has 0 heterocycles. The summed E-state index contributed by atoms with van der Waals surface area (Å²) in [6, 6.07) is 13.8. The molecule has 28 heavy (non-hydrogen) atoms. The summed E-state index contributed by atoms with van der Waals surface area (Å²) >= 11 is 1.56. The molecule has 2 rings (SSSR count). The van der Waals surface area contributed by atoms with Crippen LogP contribution in [0.5, 0.6) is 0 Å². The summed E-state index contributed by atoms with van der Waals surface area (Å²) in [4.78, 5) is 38.8. The fourth-order valence-electron chi connectivity index (χ4n) is 2.54. The van der Waals surface area contributed by atoms with Gasteiger partial charge in [0.1, 0.15) is 0 Å². The van der Waals surface area contributed by atoms with Crippen molar-refractivity contribution in [2.24, 2.45) is 0 Å². The predicted octanol–water partition coefficient (Wildman–Crippen LogP) is 3.51. The lowest BCUT2D eigenvalue weighted by Crippen LogP contribution is -2.43. The average Bonchev–Trinajstić information content (AvgIpc) is 2.68. The molecule has 0 aromatic heterocycles. The van der Waals surface area contributed by atoms with E-state index in [1.807, 2.05) is 30.5 Å². The first-order valence-electron chi connectivity index (χ1n) is 8.86. The second kappa shape index (κ2) is 10.1. The average molecular weight is 400 g/mol. The summed E-state index contributed by atoms with van der Waals surface area (Å²) in [6.07, 6.45) is 1.95. The molecule has 7 heteroatoms. The molecule has 1 atom stereocenters. The lowest BCUT2D eigenvalue weighted by atomic mass is 10.1. The van der Waals surface area contributed by atoms with Crippen LogP contribution in [0.1, 0.15) is 24.2 Å². The fraction of sp³-hybridized carbons (Fsp3) is 0.286. The first kappa shape index (κ1) is 21.7. The summed E-state index contributed by atoms with van der Waals surface area (Å²) in [6.45, 7) is 3.32. The number of para-hydroxylation sites is 1. The molecule has 2 aromatic rings. The van der Waals surface area contributed by atoms with Crippen molar-refractivity contribution >= 4 is 40.7 Å². The second-order valence-corrected chi connectivity index (χ2v) is 7.31. The number of anilines is 2. The number of rotatable bonds is 8. The van der Waals surface area contributed by atoms with E-state index in [4.69, 9.17) is 0 Å². The van der Waals surface area contributed by atoms with E-state index < -0.39 is 6.04 Å². The number of nitrogens with zero attached hydrogens (tertiary/aromatic N) is 1. The van der Waals surface area contributed by atoms with Gasteiger partial charge in [-0.05, 0) is 63.5 Å². The molecule has 0 saturated carbocycles. The minimum Gasteiger partial charge on any atom is -0.325 e. The van der Waals surface area contributed by atoms with E-state index in [1.54, 1.807) is 54.9 Å². The Balaban J connectivity index is 1.91. The first-order chi connectivity index (χ1) is 13.3. The van der Waals surface area contributed by atoms with Gasteiger partial charge in [0.2, 0.25) is 11.8 Å². The van der Waals surface area contributed by atoms with Crippen molar-refractivity contribution in [1.82, 2.24) is 4.90 Å². The molecule has 148 valence electrons. The van der Waals surface area contributed by atoms with Crippen LogP contribution in [-0.2, 0) is 9.59 Å². The Labute approximate surface area is 169 Å². The van der Waals surface area contributed by atoms with Crippen LogP contribution in [0.25, 0.3) is 0 Å². The largest absolute Gasteiger partial charge is 0.325 e. The lowest BCUT2D eigenvalue weighted by Gasteiger charge is -2.23. The van der Waals surface area contributed by atoms with Crippen molar-refractivity contribution in [2.45, 2.75) is 24.8 Å². The highest BCUT2D eigenvalue weighted by Crippen LogP contribution is 2.24. The number of carbonyl (C=O) groups excluding carboxylic acids is 3. The number of carbonyl (C=O) groups is 3. The summed E-state index contributed by atoms with van der Waals surface area (Å²) in [7, 11) is 1.73. The van der Waals surface area contributed by atoms with Crippen LogP contribution in [-0.4, -0.2) is 48.4 Å². The van der Waals surface area contributed by atoms with Crippen molar-refractivity contribution in [2.75, 3.05) is 30.5 Å². The van der Waals surface area contributed by atoms with Crippen LogP contribution in [0.4, 0.5) is 11.4 Å². The molecule has 2 N–H and O–H groups in total. The maximum absolute atomic E-state index is 12.5. The van der Waals surface area contributed by atoms with Gasteiger partial charge in [0.25, 0.3) is 0 Å². The third-order valence-electron chi connectivity index (χ3n) is 4.37. The van der Waals surface area contributed by atoms with Gasteiger partial charge in [0, 0.05) is 16.1 Å². The summed E-state index contributed by atoms with van der Waals surface area (Å²) in [5.41, 5.74) is 1.95. The minimum absolute atomic E-state index is 0.0277. The number of likely N-dealkylation sites (N-methyl/N-ethyl adjacent to an activating group) is 1. The number of ketones is 1. The molecule has 6 nitrogen and oxygen atoms in total. The second-order valence-electron chi connectivity index (χ2n) is 6.46. The number of Topliss-reactive ketones (excluding diaryl/α,β-unsaturated/α-hetero) is 1. The monoisotopic (exact) mass is 399 g/mol. The Morgan fingerprint density at radius 1 is 1.04 bits per heavy atom. The molecule has 0 aliphatic heterocycles. The van der Waals surface area contributed by atoms with Crippen molar-refractivity contribution < 1.29 is 14.4 Å². The molecular formula is C21H25N3O3S. The van der Waals surface area contributed by atoms with Gasteiger partial charge >= 0.3 is 0 Å². The molecule has 2 aromatic carbocycles. The maximum Gasteiger partial charge on any atom is 0.241 e. The SMILES string of the molecule is CSc1ccccc1NC(=O)CN(C)[C@@H](C)C(=O)Nc1ccc(C(C)=O)cc1. The Bertz CT molecular complexity index is 852. The van der Waals surface area contributed by atoms with Gasteiger partial charge in [-0.15, -0.1) is 11.8 Å².